The van der Waals surface area contributed by atoms with E-state index in [9.17, 15) is 4.79 Å². The molecule has 1 fully saturated rings. The number of aromatic nitrogens is 4. The summed E-state index contributed by atoms with van der Waals surface area (Å²) in [6.07, 6.45) is 3.98. The van der Waals surface area contributed by atoms with Crippen LogP contribution < -0.4 is 10.1 Å². The molecule has 0 bridgehead atoms. The number of aromatic amines is 1. The summed E-state index contributed by atoms with van der Waals surface area (Å²) in [6, 6.07) is 10.9. The van der Waals surface area contributed by atoms with Gasteiger partial charge in [0.05, 0.1) is 18.3 Å². The number of aryl methyl sites for hydroxylation is 1. The number of hydrogen-bond acceptors (Lipinski definition) is 5. The van der Waals surface area contributed by atoms with Gasteiger partial charge in [0, 0.05) is 32.1 Å². The van der Waals surface area contributed by atoms with E-state index in [1.54, 1.807) is 18.3 Å². The molecule has 3 aromatic heterocycles. The number of H-pyrrole nitrogens is 1. The third-order valence-corrected chi connectivity index (χ3v) is 4.56. The van der Waals surface area contributed by atoms with Crippen molar-refractivity contribution >= 4 is 5.91 Å². The standard InChI is InChI=1S/C19H21N5O3/c1-24-9-4-5-16(24)14-11-15(23-22-14)19(25)21-13-7-10-26-12-17(13)27-18-6-2-3-8-20-18/h2-6,8-9,11,13,17H,7,10,12H2,1H3,(H,21,25)(H,22,23). The van der Waals surface area contributed by atoms with Gasteiger partial charge in [-0.3, -0.25) is 9.89 Å². The molecule has 2 N–H and O–H groups in total. The van der Waals surface area contributed by atoms with E-state index in [0.29, 0.717) is 31.2 Å². The number of nitrogens with one attached hydrogen (secondary N) is 2. The van der Waals surface area contributed by atoms with E-state index in [1.807, 2.05) is 42.1 Å². The Morgan fingerprint density at radius 1 is 1.37 bits per heavy atom. The van der Waals surface area contributed by atoms with Gasteiger partial charge in [-0.25, -0.2) is 4.98 Å². The minimum atomic E-state index is -0.298. The maximum Gasteiger partial charge on any atom is 0.269 e. The first kappa shape index (κ1) is 17.3. The zero-order chi connectivity index (χ0) is 18.6. The van der Waals surface area contributed by atoms with Crippen molar-refractivity contribution in [2.24, 2.45) is 7.05 Å². The second-order valence-electron chi connectivity index (χ2n) is 6.44. The Hall–Kier alpha value is -3.13. The van der Waals surface area contributed by atoms with E-state index in [0.717, 1.165) is 11.4 Å². The molecule has 1 aliphatic rings. The summed E-state index contributed by atoms with van der Waals surface area (Å²) in [7, 11) is 1.94. The molecule has 1 amide bonds. The van der Waals surface area contributed by atoms with Crippen LogP contribution in [-0.4, -0.2) is 51.0 Å². The summed E-state index contributed by atoms with van der Waals surface area (Å²) in [5.41, 5.74) is 2.07. The van der Waals surface area contributed by atoms with Gasteiger partial charge >= 0.3 is 0 Å². The topological polar surface area (TPSA) is 94.1 Å². The molecule has 1 saturated heterocycles. The summed E-state index contributed by atoms with van der Waals surface area (Å²) in [5, 5.41) is 10.1. The highest BCUT2D eigenvalue weighted by atomic mass is 16.5. The van der Waals surface area contributed by atoms with E-state index >= 15 is 0 Å². The van der Waals surface area contributed by atoms with Gasteiger partial charge in [0.1, 0.15) is 17.5 Å². The zero-order valence-electron chi connectivity index (χ0n) is 15.0. The molecule has 0 radical (unpaired) electrons. The van der Waals surface area contributed by atoms with Crippen LogP contribution in [-0.2, 0) is 11.8 Å². The minimum absolute atomic E-state index is 0.171. The Bertz CT molecular complexity index is 905. The number of amides is 1. The van der Waals surface area contributed by atoms with E-state index in [2.05, 4.69) is 20.5 Å². The molecule has 1 aliphatic heterocycles. The molecule has 8 heteroatoms. The summed E-state index contributed by atoms with van der Waals surface area (Å²) in [5.74, 6) is 0.296. The smallest absolute Gasteiger partial charge is 0.269 e. The number of nitrogens with zero attached hydrogens (tertiary/aromatic N) is 3. The minimum Gasteiger partial charge on any atom is -0.470 e. The summed E-state index contributed by atoms with van der Waals surface area (Å²) < 4.78 is 13.4. The van der Waals surface area contributed by atoms with Crippen molar-refractivity contribution in [3.05, 3.63) is 54.5 Å². The Morgan fingerprint density at radius 3 is 3.07 bits per heavy atom. The van der Waals surface area contributed by atoms with Gasteiger partial charge in [-0.15, -0.1) is 0 Å². The number of carbonyl (C=O) groups is 1. The van der Waals surface area contributed by atoms with Gasteiger partial charge in [0.25, 0.3) is 5.91 Å². The quantitative estimate of drug-likeness (QED) is 0.717. The normalized spacial score (nSPS) is 19.6. The highest BCUT2D eigenvalue weighted by Crippen LogP contribution is 2.19. The van der Waals surface area contributed by atoms with Crippen molar-refractivity contribution in [2.45, 2.75) is 18.6 Å². The monoisotopic (exact) mass is 367 g/mol. The fourth-order valence-electron chi connectivity index (χ4n) is 3.11. The van der Waals surface area contributed by atoms with Crippen LogP contribution in [0.25, 0.3) is 11.4 Å². The molecule has 2 atom stereocenters. The van der Waals surface area contributed by atoms with Crippen LogP contribution in [0.5, 0.6) is 5.88 Å². The van der Waals surface area contributed by atoms with Crippen LogP contribution in [0.2, 0.25) is 0 Å². The van der Waals surface area contributed by atoms with Crippen molar-refractivity contribution in [1.82, 2.24) is 25.1 Å². The Balaban J connectivity index is 1.44. The van der Waals surface area contributed by atoms with Crippen molar-refractivity contribution in [1.29, 1.82) is 0 Å². The highest BCUT2D eigenvalue weighted by molar-refractivity contribution is 5.93. The van der Waals surface area contributed by atoms with E-state index in [1.165, 1.54) is 0 Å². The second kappa shape index (κ2) is 7.63. The first-order valence-corrected chi connectivity index (χ1v) is 8.84. The number of ether oxygens (including phenoxy) is 2. The number of carbonyl (C=O) groups excluding carboxylic acids is 1. The summed E-state index contributed by atoms with van der Waals surface area (Å²) in [6.45, 7) is 0.976. The lowest BCUT2D eigenvalue weighted by atomic mass is 10.1. The summed E-state index contributed by atoms with van der Waals surface area (Å²) >= 11 is 0. The molecular formula is C19H21N5O3. The predicted molar refractivity (Wildman–Crippen MR) is 98.3 cm³/mol. The van der Waals surface area contributed by atoms with Gasteiger partial charge in [0.2, 0.25) is 5.88 Å². The molecule has 0 spiro atoms. The van der Waals surface area contributed by atoms with Crippen molar-refractivity contribution in [2.75, 3.05) is 13.2 Å². The SMILES string of the molecule is Cn1cccc1-c1cc(C(=O)NC2CCOCC2Oc2ccccn2)[nH]n1. The highest BCUT2D eigenvalue weighted by Gasteiger charge is 2.30. The fourth-order valence-corrected chi connectivity index (χ4v) is 3.11. The van der Waals surface area contributed by atoms with Crippen LogP contribution in [0, 0.1) is 0 Å². The average Bonchev–Trinajstić information content (AvgIpc) is 3.33. The van der Waals surface area contributed by atoms with Crippen LogP contribution in [0.3, 0.4) is 0 Å². The third-order valence-electron chi connectivity index (χ3n) is 4.56. The molecule has 0 aromatic carbocycles. The number of rotatable bonds is 5. The van der Waals surface area contributed by atoms with Gasteiger partial charge in [0.15, 0.2) is 0 Å². The van der Waals surface area contributed by atoms with Crippen LogP contribution >= 0.6 is 0 Å². The third kappa shape index (κ3) is 3.85. The average molecular weight is 367 g/mol. The first-order chi connectivity index (χ1) is 13.2. The van der Waals surface area contributed by atoms with Crippen molar-refractivity contribution in [3.8, 4) is 17.3 Å². The van der Waals surface area contributed by atoms with Crippen molar-refractivity contribution < 1.29 is 14.3 Å². The maximum atomic E-state index is 12.7. The van der Waals surface area contributed by atoms with Gasteiger partial charge in [-0.1, -0.05) is 6.07 Å². The van der Waals surface area contributed by atoms with Crippen LogP contribution in [0.15, 0.2) is 48.8 Å². The lowest BCUT2D eigenvalue weighted by molar-refractivity contribution is -0.0153. The van der Waals surface area contributed by atoms with E-state index < -0.39 is 0 Å². The molecule has 4 rings (SSSR count). The molecule has 3 aromatic rings. The molecule has 27 heavy (non-hydrogen) atoms. The molecule has 2 unspecified atom stereocenters. The van der Waals surface area contributed by atoms with Crippen molar-refractivity contribution in [3.63, 3.8) is 0 Å². The molecule has 140 valence electrons. The predicted octanol–water partition coefficient (Wildman–Crippen LogP) is 1.78. The van der Waals surface area contributed by atoms with Gasteiger partial charge in [-0.05, 0) is 30.7 Å². The Morgan fingerprint density at radius 2 is 2.30 bits per heavy atom. The van der Waals surface area contributed by atoms with Gasteiger partial charge in [-0.2, -0.15) is 5.10 Å². The van der Waals surface area contributed by atoms with Crippen LogP contribution in [0.4, 0.5) is 0 Å². The lowest BCUT2D eigenvalue weighted by Gasteiger charge is -2.31. The first-order valence-electron chi connectivity index (χ1n) is 8.84. The zero-order valence-corrected chi connectivity index (χ0v) is 15.0. The van der Waals surface area contributed by atoms with Crippen LogP contribution in [0.1, 0.15) is 16.9 Å². The molecule has 0 aliphatic carbocycles. The fraction of sp³-hybridized carbons (Fsp3) is 0.316. The maximum absolute atomic E-state index is 12.7. The van der Waals surface area contributed by atoms with Gasteiger partial charge < -0.3 is 19.4 Å². The molecule has 8 nitrogen and oxygen atoms in total. The Labute approximate surface area is 156 Å². The second-order valence-corrected chi connectivity index (χ2v) is 6.44. The lowest BCUT2D eigenvalue weighted by Crippen LogP contribution is -2.51. The van der Waals surface area contributed by atoms with E-state index in [-0.39, 0.29) is 18.1 Å². The summed E-state index contributed by atoms with van der Waals surface area (Å²) in [4.78, 5) is 16.9. The van der Waals surface area contributed by atoms with E-state index in [4.69, 9.17) is 9.47 Å². The number of pyridine rings is 1. The largest absolute Gasteiger partial charge is 0.470 e. The Kier molecular flexibility index (Phi) is 4.88. The molecule has 0 saturated carbocycles. The number of hydrogen-bond donors (Lipinski definition) is 2. The molecular weight excluding hydrogens is 346 g/mol. The molecule has 4 heterocycles.